The monoisotopic (exact) mass is 135 g/mol. The maximum Gasteiger partial charge on any atom is 0.130 e. The SMILES string of the molecule is Nc1ncncc1C1CC1. The highest BCUT2D eigenvalue weighted by Crippen LogP contribution is 2.41. The van der Waals surface area contributed by atoms with Gasteiger partial charge in [-0.3, -0.25) is 0 Å². The van der Waals surface area contributed by atoms with Gasteiger partial charge in [-0.2, -0.15) is 0 Å². The summed E-state index contributed by atoms with van der Waals surface area (Å²) < 4.78 is 0. The molecule has 0 bridgehead atoms. The molecule has 0 saturated heterocycles. The van der Waals surface area contributed by atoms with Gasteiger partial charge in [0.2, 0.25) is 0 Å². The van der Waals surface area contributed by atoms with Crippen molar-refractivity contribution in [2.75, 3.05) is 5.73 Å². The van der Waals surface area contributed by atoms with Crippen molar-refractivity contribution in [1.82, 2.24) is 9.97 Å². The van der Waals surface area contributed by atoms with Crippen LogP contribution in [-0.2, 0) is 0 Å². The molecule has 3 heteroatoms. The molecular weight excluding hydrogens is 126 g/mol. The lowest BCUT2D eigenvalue weighted by molar-refractivity contribution is 1.05. The Labute approximate surface area is 59.3 Å². The van der Waals surface area contributed by atoms with E-state index in [1.807, 2.05) is 6.20 Å². The van der Waals surface area contributed by atoms with Gasteiger partial charge in [-0.25, -0.2) is 9.97 Å². The van der Waals surface area contributed by atoms with Crippen LogP contribution in [0.3, 0.4) is 0 Å². The molecule has 3 nitrogen and oxygen atoms in total. The van der Waals surface area contributed by atoms with Crippen LogP contribution in [0.25, 0.3) is 0 Å². The third-order valence-electron chi connectivity index (χ3n) is 1.79. The molecule has 1 heterocycles. The van der Waals surface area contributed by atoms with Gasteiger partial charge in [0.25, 0.3) is 0 Å². The van der Waals surface area contributed by atoms with Gasteiger partial charge in [-0.15, -0.1) is 0 Å². The molecule has 2 rings (SSSR count). The van der Waals surface area contributed by atoms with E-state index in [1.165, 1.54) is 19.2 Å². The van der Waals surface area contributed by atoms with Gasteiger partial charge in [0.05, 0.1) is 0 Å². The highest BCUT2D eigenvalue weighted by Gasteiger charge is 2.25. The highest BCUT2D eigenvalue weighted by atomic mass is 14.9. The van der Waals surface area contributed by atoms with E-state index >= 15 is 0 Å². The van der Waals surface area contributed by atoms with E-state index < -0.39 is 0 Å². The summed E-state index contributed by atoms with van der Waals surface area (Å²) in [5, 5.41) is 0. The number of nitrogens with zero attached hydrogens (tertiary/aromatic N) is 2. The number of anilines is 1. The van der Waals surface area contributed by atoms with Crippen molar-refractivity contribution in [3.63, 3.8) is 0 Å². The fourth-order valence-electron chi connectivity index (χ4n) is 1.06. The summed E-state index contributed by atoms with van der Waals surface area (Å²) in [7, 11) is 0. The van der Waals surface area contributed by atoms with Crippen LogP contribution in [0.2, 0.25) is 0 Å². The second-order valence-corrected chi connectivity index (χ2v) is 2.64. The number of hydrogen-bond donors (Lipinski definition) is 1. The lowest BCUT2D eigenvalue weighted by Gasteiger charge is -1.98. The number of nitrogen functional groups attached to an aromatic ring is 1. The second kappa shape index (κ2) is 1.94. The van der Waals surface area contributed by atoms with Gasteiger partial charge in [-0.05, 0) is 18.8 Å². The Morgan fingerprint density at radius 1 is 1.50 bits per heavy atom. The number of aromatic nitrogens is 2. The number of rotatable bonds is 1. The minimum atomic E-state index is 0.650. The van der Waals surface area contributed by atoms with E-state index in [1.54, 1.807) is 0 Å². The Hall–Kier alpha value is -1.12. The molecule has 0 radical (unpaired) electrons. The Morgan fingerprint density at radius 2 is 2.30 bits per heavy atom. The predicted molar refractivity (Wildman–Crippen MR) is 38.4 cm³/mol. The summed E-state index contributed by atoms with van der Waals surface area (Å²) in [5.41, 5.74) is 6.74. The molecule has 0 aromatic carbocycles. The van der Waals surface area contributed by atoms with Crippen molar-refractivity contribution >= 4 is 5.82 Å². The first-order valence-electron chi connectivity index (χ1n) is 3.43. The molecular formula is C7H9N3. The molecule has 1 saturated carbocycles. The fourth-order valence-corrected chi connectivity index (χ4v) is 1.06. The van der Waals surface area contributed by atoms with E-state index in [2.05, 4.69) is 9.97 Å². The highest BCUT2D eigenvalue weighted by molar-refractivity contribution is 5.41. The summed E-state index contributed by atoms with van der Waals surface area (Å²) >= 11 is 0. The first-order valence-corrected chi connectivity index (χ1v) is 3.43. The van der Waals surface area contributed by atoms with Gasteiger partial charge < -0.3 is 5.73 Å². The average molecular weight is 135 g/mol. The molecule has 0 amide bonds. The van der Waals surface area contributed by atoms with E-state index in [9.17, 15) is 0 Å². The van der Waals surface area contributed by atoms with Crippen molar-refractivity contribution in [2.24, 2.45) is 0 Å². The van der Waals surface area contributed by atoms with Gasteiger partial charge in [0.15, 0.2) is 0 Å². The normalized spacial score (nSPS) is 17.2. The summed E-state index contributed by atoms with van der Waals surface area (Å²) in [6.45, 7) is 0. The van der Waals surface area contributed by atoms with Crippen LogP contribution in [0.1, 0.15) is 24.3 Å². The minimum Gasteiger partial charge on any atom is -0.383 e. The molecule has 1 aromatic heterocycles. The van der Waals surface area contributed by atoms with Crippen LogP contribution in [0.5, 0.6) is 0 Å². The summed E-state index contributed by atoms with van der Waals surface area (Å²) in [4.78, 5) is 7.82. The first-order chi connectivity index (χ1) is 4.88. The quantitative estimate of drug-likeness (QED) is 0.623. The van der Waals surface area contributed by atoms with Crippen LogP contribution < -0.4 is 5.73 Å². The largest absolute Gasteiger partial charge is 0.383 e. The minimum absolute atomic E-state index is 0.650. The lowest BCUT2D eigenvalue weighted by Crippen LogP contribution is -1.96. The third-order valence-corrected chi connectivity index (χ3v) is 1.79. The number of hydrogen-bond acceptors (Lipinski definition) is 3. The number of nitrogens with two attached hydrogens (primary N) is 1. The first kappa shape index (κ1) is 5.65. The van der Waals surface area contributed by atoms with Crippen molar-refractivity contribution in [1.29, 1.82) is 0 Å². The van der Waals surface area contributed by atoms with E-state index in [-0.39, 0.29) is 0 Å². The molecule has 0 unspecified atom stereocenters. The van der Waals surface area contributed by atoms with E-state index in [0.717, 1.165) is 5.56 Å². The molecule has 1 fully saturated rings. The maximum atomic E-state index is 5.61. The summed E-state index contributed by atoms with van der Waals surface area (Å²) in [6.07, 6.45) is 5.80. The molecule has 52 valence electrons. The maximum absolute atomic E-state index is 5.61. The van der Waals surface area contributed by atoms with Crippen LogP contribution in [0, 0.1) is 0 Å². The van der Waals surface area contributed by atoms with Crippen LogP contribution in [0.4, 0.5) is 5.82 Å². The molecule has 1 aromatic rings. The zero-order chi connectivity index (χ0) is 6.97. The predicted octanol–water partition coefficient (Wildman–Crippen LogP) is 0.936. The van der Waals surface area contributed by atoms with Crippen molar-refractivity contribution < 1.29 is 0 Å². The van der Waals surface area contributed by atoms with Crippen molar-refractivity contribution in [2.45, 2.75) is 18.8 Å². The fraction of sp³-hybridized carbons (Fsp3) is 0.429. The Morgan fingerprint density at radius 3 is 2.90 bits per heavy atom. The Kier molecular flexibility index (Phi) is 1.09. The lowest BCUT2D eigenvalue weighted by atomic mass is 10.2. The zero-order valence-corrected chi connectivity index (χ0v) is 5.62. The molecule has 0 atom stereocenters. The molecule has 1 aliphatic rings. The van der Waals surface area contributed by atoms with Gasteiger partial charge in [0.1, 0.15) is 12.1 Å². The van der Waals surface area contributed by atoms with Gasteiger partial charge in [0, 0.05) is 11.8 Å². The molecule has 2 N–H and O–H groups in total. The standard InChI is InChI=1S/C7H9N3/c8-7-6(5-1-2-5)3-9-4-10-7/h3-5H,1-2H2,(H2,8,9,10). The zero-order valence-electron chi connectivity index (χ0n) is 5.62. The summed E-state index contributed by atoms with van der Waals surface area (Å²) in [6, 6.07) is 0. The Bertz CT molecular complexity index is 242. The third kappa shape index (κ3) is 0.835. The van der Waals surface area contributed by atoms with E-state index in [0.29, 0.717) is 11.7 Å². The van der Waals surface area contributed by atoms with Gasteiger partial charge in [-0.1, -0.05) is 0 Å². The Balaban J connectivity index is 2.39. The summed E-state index contributed by atoms with van der Waals surface area (Å²) in [5.74, 6) is 1.30. The van der Waals surface area contributed by atoms with Crippen LogP contribution in [-0.4, -0.2) is 9.97 Å². The smallest absolute Gasteiger partial charge is 0.130 e. The van der Waals surface area contributed by atoms with Crippen LogP contribution >= 0.6 is 0 Å². The molecule has 10 heavy (non-hydrogen) atoms. The van der Waals surface area contributed by atoms with Crippen LogP contribution in [0.15, 0.2) is 12.5 Å². The molecule has 0 aliphatic heterocycles. The molecule has 1 aliphatic carbocycles. The van der Waals surface area contributed by atoms with E-state index in [4.69, 9.17) is 5.73 Å². The second-order valence-electron chi connectivity index (χ2n) is 2.64. The molecule has 0 spiro atoms. The van der Waals surface area contributed by atoms with Crippen molar-refractivity contribution in [3.8, 4) is 0 Å². The topological polar surface area (TPSA) is 51.8 Å². The van der Waals surface area contributed by atoms with Gasteiger partial charge >= 0.3 is 0 Å². The van der Waals surface area contributed by atoms with Crippen molar-refractivity contribution in [3.05, 3.63) is 18.1 Å². The average Bonchev–Trinajstić information content (AvgIpc) is 2.71.